The van der Waals surface area contributed by atoms with Crippen molar-refractivity contribution in [2.24, 2.45) is 0 Å². The number of anilines is 1. The molecule has 0 saturated heterocycles. The lowest BCUT2D eigenvalue weighted by Crippen LogP contribution is -1.86. The molecule has 0 heterocycles. The number of hydrogen-bond acceptors (Lipinski definition) is 4. The molecular formula is C12H15NO2S. The van der Waals surface area contributed by atoms with Crippen LogP contribution in [-0.2, 0) is 4.79 Å². The van der Waals surface area contributed by atoms with E-state index in [1.165, 1.54) is 11.8 Å². The maximum atomic E-state index is 10.7. The van der Waals surface area contributed by atoms with Crippen molar-refractivity contribution < 1.29 is 9.90 Å². The molecule has 0 aromatic heterocycles. The summed E-state index contributed by atoms with van der Waals surface area (Å²) in [6, 6.07) is 5.07. The van der Waals surface area contributed by atoms with E-state index in [9.17, 15) is 9.90 Å². The van der Waals surface area contributed by atoms with Gasteiger partial charge in [-0.3, -0.25) is 4.79 Å². The highest BCUT2D eigenvalue weighted by Gasteiger charge is 1.95. The Morgan fingerprint density at radius 1 is 1.56 bits per heavy atom. The van der Waals surface area contributed by atoms with Gasteiger partial charge in [0, 0.05) is 12.7 Å². The van der Waals surface area contributed by atoms with Crippen LogP contribution in [0.25, 0.3) is 6.08 Å². The summed E-state index contributed by atoms with van der Waals surface area (Å²) in [6.07, 6.45) is 4.75. The van der Waals surface area contributed by atoms with Crippen molar-refractivity contribution in [1.29, 1.82) is 0 Å². The van der Waals surface area contributed by atoms with Crippen molar-refractivity contribution >= 4 is 28.6 Å². The van der Waals surface area contributed by atoms with Gasteiger partial charge in [-0.1, -0.05) is 30.0 Å². The first-order valence-corrected chi connectivity index (χ1v) is 5.96. The maximum absolute atomic E-state index is 10.7. The summed E-state index contributed by atoms with van der Waals surface area (Å²) >= 11 is 1.32. The predicted molar refractivity (Wildman–Crippen MR) is 69.3 cm³/mol. The van der Waals surface area contributed by atoms with Crippen LogP contribution < -0.4 is 5.73 Å². The van der Waals surface area contributed by atoms with Crippen LogP contribution in [0.15, 0.2) is 24.3 Å². The second-order valence-corrected chi connectivity index (χ2v) is 4.62. The lowest BCUT2D eigenvalue weighted by Gasteiger charge is -1.99. The number of rotatable bonds is 4. The molecule has 1 aromatic rings. The molecule has 0 spiro atoms. The predicted octanol–water partition coefficient (Wildman–Crippen LogP) is 2.66. The van der Waals surface area contributed by atoms with E-state index in [0.29, 0.717) is 5.69 Å². The van der Waals surface area contributed by atoms with Crippen molar-refractivity contribution in [1.82, 2.24) is 0 Å². The Morgan fingerprint density at radius 3 is 2.94 bits per heavy atom. The fourth-order valence-electron chi connectivity index (χ4n) is 1.17. The third-order valence-electron chi connectivity index (χ3n) is 1.95. The standard InChI is InChI=1S/C12H15NO2S/c1-9(14)16-7-3-2-4-10-5-6-12(15)11(13)8-10/h2,4-6,8,15H,3,7,13H2,1H3. The van der Waals surface area contributed by atoms with E-state index in [4.69, 9.17) is 5.73 Å². The third-order valence-corrected chi connectivity index (χ3v) is 2.80. The van der Waals surface area contributed by atoms with Gasteiger partial charge in [0.2, 0.25) is 0 Å². The van der Waals surface area contributed by atoms with Gasteiger partial charge in [-0.2, -0.15) is 0 Å². The molecule has 4 heteroatoms. The van der Waals surface area contributed by atoms with Crippen LogP contribution in [0.4, 0.5) is 5.69 Å². The molecule has 3 N–H and O–H groups in total. The van der Waals surface area contributed by atoms with E-state index >= 15 is 0 Å². The summed E-state index contributed by atoms with van der Waals surface area (Å²) < 4.78 is 0. The normalized spacial score (nSPS) is 10.8. The summed E-state index contributed by atoms with van der Waals surface area (Å²) in [7, 11) is 0. The molecule has 0 amide bonds. The van der Waals surface area contributed by atoms with Crippen LogP contribution in [0.2, 0.25) is 0 Å². The number of thioether (sulfide) groups is 1. The summed E-state index contributed by atoms with van der Waals surface area (Å²) in [5.74, 6) is 0.892. The number of nitrogen functional groups attached to an aromatic ring is 1. The number of phenolic OH excluding ortho intramolecular Hbond substituents is 1. The highest BCUT2D eigenvalue weighted by Crippen LogP contribution is 2.21. The molecule has 86 valence electrons. The molecular weight excluding hydrogens is 222 g/mol. The topological polar surface area (TPSA) is 63.3 Å². The van der Waals surface area contributed by atoms with Crippen molar-refractivity contribution in [3.63, 3.8) is 0 Å². The molecule has 0 aliphatic carbocycles. The number of carbonyl (C=O) groups excluding carboxylic acids is 1. The number of aromatic hydroxyl groups is 1. The Bertz CT molecular complexity index is 402. The lowest BCUT2D eigenvalue weighted by atomic mass is 10.1. The average molecular weight is 237 g/mol. The number of phenols is 1. The molecule has 0 atom stereocenters. The summed E-state index contributed by atoms with van der Waals surface area (Å²) in [4.78, 5) is 10.7. The van der Waals surface area contributed by atoms with Gasteiger partial charge in [0.1, 0.15) is 5.75 Å². The zero-order chi connectivity index (χ0) is 12.0. The Hall–Kier alpha value is -1.42. The molecule has 3 nitrogen and oxygen atoms in total. The molecule has 0 aliphatic heterocycles. The van der Waals surface area contributed by atoms with Crippen molar-refractivity contribution in [3.05, 3.63) is 29.8 Å². The van der Waals surface area contributed by atoms with Gasteiger partial charge in [0.05, 0.1) is 5.69 Å². The van der Waals surface area contributed by atoms with E-state index in [2.05, 4.69) is 0 Å². The molecule has 1 aromatic carbocycles. The molecule has 0 aliphatic rings. The van der Waals surface area contributed by atoms with Crippen molar-refractivity contribution in [3.8, 4) is 5.75 Å². The molecule has 0 bridgehead atoms. The Balaban J connectivity index is 2.44. The van der Waals surface area contributed by atoms with Gasteiger partial charge in [0.25, 0.3) is 0 Å². The Labute approximate surface area is 99.4 Å². The van der Waals surface area contributed by atoms with Crippen LogP contribution in [0.1, 0.15) is 18.9 Å². The zero-order valence-electron chi connectivity index (χ0n) is 9.14. The monoisotopic (exact) mass is 237 g/mol. The minimum absolute atomic E-state index is 0.101. The largest absolute Gasteiger partial charge is 0.506 e. The number of nitrogens with two attached hydrogens (primary N) is 1. The van der Waals surface area contributed by atoms with E-state index < -0.39 is 0 Å². The first-order valence-electron chi connectivity index (χ1n) is 4.98. The summed E-state index contributed by atoms with van der Waals surface area (Å²) in [6.45, 7) is 1.56. The van der Waals surface area contributed by atoms with E-state index in [0.717, 1.165) is 17.7 Å². The van der Waals surface area contributed by atoms with Crippen molar-refractivity contribution in [2.45, 2.75) is 13.3 Å². The Morgan fingerprint density at radius 2 is 2.31 bits per heavy atom. The minimum atomic E-state index is 0.101. The van der Waals surface area contributed by atoms with Gasteiger partial charge in [-0.25, -0.2) is 0 Å². The van der Waals surface area contributed by atoms with Crippen molar-refractivity contribution in [2.75, 3.05) is 11.5 Å². The van der Waals surface area contributed by atoms with Crippen LogP contribution >= 0.6 is 11.8 Å². The van der Waals surface area contributed by atoms with Gasteiger partial charge < -0.3 is 10.8 Å². The molecule has 0 fully saturated rings. The minimum Gasteiger partial charge on any atom is -0.506 e. The molecule has 0 unspecified atom stereocenters. The SMILES string of the molecule is CC(=O)SCCC=Cc1ccc(O)c(N)c1. The average Bonchev–Trinajstić information content (AvgIpc) is 2.22. The van der Waals surface area contributed by atoms with E-state index in [-0.39, 0.29) is 10.9 Å². The highest BCUT2D eigenvalue weighted by atomic mass is 32.2. The van der Waals surface area contributed by atoms with Gasteiger partial charge >= 0.3 is 0 Å². The Kier molecular flexibility index (Phi) is 4.92. The lowest BCUT2D eigenvalue weighted by molar-refractivity contribution is -0.109. The van der Waals surface area contributed by atoms with E-state index in [1.807, 2.05) is 12.2 Å². The van der Waals surface area contributed by atoms with Crippen LogP contribution in [-0.4, -0.2) is 16.0 Å². The van der Waals surface area contributed by atoms with Crippen LogP contribution in [0.5, 0.6) is 5.75 Å². The number of carbonyl (C=O) groups is 1. The number of hydrogen-bond donors (Lipinski definition) is 2. The molecule has 0 saturated carbocycles. The maximum Gasteiger partial charge on any atom is 0.185 e. The number of benzene rings is 1. The second-order valence-electron chi connectivity index (χ2n) is 3.35. The van der Waals surface area contributed by atoms with Gasteiger partial charge in [-0.15, -0.1) is 0 Å². The second kappa shape index (κ2) is 6.23. The smallest absolute Gasteiger partial charge is 0.185 e. The number of allylic oxidation sites excluding steroid dienone is 1. The first-order chi connectivity index (χ1) is 7.59. The van der Waals surface area contributed by atoms with Crippen LogP contribution in [0.3, 0.4) is 0 Å². The van der Waals surface area contributed by atoms with Crippen LogP contribution in [0, 0.1) is 0 Å². The fraction of sp³-hybridized carbons (Fsp3) is 0.250. The fourth-order valence-corrected chi connectivity index (χ4v) is 1.71. The van der Waals surface area contributed by atoms with Gasteiger partial charge in [0.15, 0.2) is 5.12 Å². The summed E-state index contributed by atoms with van der Waals surface area (Å²) in [5.41, 5.74) is 6.88. The highest BCUT2D eigenvalue weighted by molar-refractivity contribution is 8.13. The third kappa shape index (κ3) is 4.40. The van der Waals surface area contributed by atoms with E-state index in [1.54, 1.807) is 25.1 Å². The van der Waals surface area contributed by atoms with Gasteiger partial charge in [-0.05, 0) is 24.1 Å². The quantitative estimate of drug-likeness (QED) is 0.480. The molecule has 16 heavy (non-hydrogen) atoms. The first kappa shape index (κ1) is 12.6. The zero-order valence-corrected chi connectivity index (χ0v) is 9.96. The molecule has 0 radical (unpaired) electrons. The molecule has 1 rings (SSSR count). The summed E-state index contributed by atoms with van der Waals surface area (Å²) in [5, 5.41) is 9.37.